The van der Waals surface area contributed by atoms with Crippen LogP contribution in [0.3, 0.4) is 0 Å². The number of rotatable bonds is 6. The summed E-state index contributed by atoms with van der Waals surface area (Å²) < 4.78 is 43.5. The number of ether oxygens (including phenoxy) is 1. The predicted molar refractivity (Wildman–Crippen MR) is 113 cm³/mol. The lowest BCUT2D eigenvalue weighted by molar-refractivity contribution is -0.137. The maximum absolute atomic E-state index is 12.7. The van der Waals surface area contributed by atoms with Crippen molar-refractivity contribution in [2.75, 3.05) is 37.6 Å². The van der Waals surface area contributed by atoms with Gasteiger partial charge < -0.3 is 19.9 Å². The van der Waals surface area contributed by atoms with Crippen LogP contribution in [-0.2, 0) is 11.0 Å². The first-order valence-electron chi connectivity index (χ1n) is 10.2. The number of nitrogens with one attached hydrogen (secondary N) is 1. The molecule has 1 saturated heterocycles. The number of alkyl halides is 3. The van der Waals surface area contributed by atoms with Crippen molar-refractivity contribution >= 4 is 17.6 Å². The highest BCUT2D eigenvalue weighted by molar-refractivity contribution is 5.96. The number of benzene rings is 1. The summed E-state index contributed by atoms with van der Waals surface area (Å²) in [4.78, 5) is 32.0. The summed E-state index contributed by atoms with van der Waals surface area (Å²) in [5.41, 5.74) is -0.375. The Labute approximate surface area is 184 Å². The van der Waals surface area contributed by atoms with E-state index < -0.39 is 11.7 Å². The van der Waals surface area contributed by atoms with Crippen LogP contribution >= 0.6 is 0 Å². The number of hydrogen-bond acceptors (Lipinski definition) is 5. The summed E-state index contributed by atoms with van der Waals surface area (Å²) in [6.07, 6.45) is -3.59. The summed E-state index contributed by atoms with van der Waals surface area (Å²) in [5, 5.41) is 2.62. The Morgan fingerprint density at radius 3 is 2.25 bits per heavy atom. The van der Waals surface area contributed by atoms with Crippen LogP contribution in [0.25, 0.3) is 0 Å². The van der Waals surface area contributed by atoms with Gasteiger partial charge in [-0.2, -0.15) is 13.2 Å². The van der Waals surface area contributed by atoms with Crippen LogP contribution in [0.2, 0.25) is 0 Å². The maximum atomic E-state index is 12.7. The van der Waals surface area contributed by atoms with E-state index in [9.17, 15) is 22.8 Å². The molecule has 32 heavy (non-hydrogen) atoms. The number of anilines is 1. The number of carbonyl (C=O) groups is 2. The molecular weight excluding hydrogens is 425 g/mol. The fraction of sp³-hybridized carbons (Fsp3) is 0.409. The third-order valence-electron chi connectivity index (χ3n) is 4.92. The molecule has 1 aromatic carbocycles. The van der Waals surface area contributed by atoms with Gasteiger partial charge in [-0.15, -0.1) is 0 Å². The van der Waals surface area contributed by atoms with Gasteiger partial charge >= 0.3 is 6.18 Å². The van der Waals surface area contributed by atoms with Gasteiger partial charge in [0, 0.05) is 37.9 Å². The van der Waals surface area contributed by atoms with Crippen LogP contribution in [0.1, 0.15) is 29.8 Å². The van der Waals surface area contributed by atoms with Crippen molar-refractivity contribution < 1.29 is 27.5 Å². The van der Waals surface area contributed by atoms with Gasteiger partial charge in [0.15, 0.2) is 0 Å². The molecule has 0 atom stereocenters. The lowest BCUT2D eigenvalue weighted by Crippen LogP contribution is -2.51. The molecule has 10 heteroatoms. The van der Waals surface area contributed by atoms with Crippen LogP contribution in [0.5, 0.6) is 5.75 Å². The maximum Gasteiger partial charge on any atom is 0.417 e. The minimum Gasteiger partial charge on any atom is -0.491 e. The SMILES string of the molecule is CC(C)Oc1ccc(C(=O)NCC(=O)N2CCN(c3ccc(C(F)(F)F)cn3)CC2)cc1. The van der Waals surface area contributed by atoms with Gasteiger partial charge in [-0.1, -0.05) is 0 Å². The fourth-order valence-electron chi connectivity index (χ4n) is 3.25. The van der Waals surface area contributed by atoms with E-state index in [0.717, 1.165) is 12.3 Å². The van der Waals surface area contributed by atoms with E-state index in [1.807, 2.05) is 18.7 Å². The zero-order chi connectivity index (χ0) is 23.3. The van der Waals surface area contributed by atoms with Crippen molar-refractivity contribution in [3.05, 3.63) is 53.7 Å². The van der Waals surface area contributed by atoms with Crippen LogP contribution in [0, 0.1) is 0 Å². The standard InChI is InChI=1S/C22H25F3N4O3/c1-15(2)32-18-6-3-16(4-7-18)21(31)27-14-20(30)29-11-9-28(10-12-29)19-8-5-17(13-26-19)22(23,24)25/h3-8,13,15H,9-12,14H2,1-2H3,(H,27,31). The molecule has 1 fully saturated rings. The van der Waals surface area contributed by atoms with Crippen LogP contribution in [0.15, 0.2) is 42.6 Å². The molecule has 1 aliphatic heterocycles. The highest BCUT2D eigenvalue weighted by Crippen LogP contribution is 2.29. The third-order valence-corrected chi connectivity index (χ3v) is 4.92. The molecular formula is C22H25F3N4O3. The smallest absolute Gasteiger partial charge is 0.417 e. The monoisotopic (exact) mass is 450 g/mol. The number of piperazine rings is 1. The largest absolute Gasteiger partial charge is 0.491 e. The van der Waals surface area contributed by atoms with Gasteiger partial charge in [0.2, 0.25) is 5.91 Å². The predicted octanol–water partition coefficient (Wildman–Crippen LogP) is 2.97. The van der Waals surface area contributed by atoms with Crippen molar-refractivity contribution in [1.82, 2.24) is 15.2 Å². The molecule has 1 N–H and O–H groups in total. The number of nitrogens with zero attached hydrogens (tertiary/aromatic N) is 3. The molecule has 0 unspecified atom stereocenters. The fourth-order valence-corrected chi connectivity index (χ4v) is 3.25. The quantitative estimate of drug-likeness (QED) is 0.733. The van der Waals surface area contributed by atoms with Gasteiger partial charge in [-0.05, 0) is 50.2 Å². The molecule has 0 saturated carbocycles. The average Bonchev–Trinajstić information content (AvgIpc) is 2.77. The molecule has 0 aliphatic carbocycles. The number of amides is 2. The van der Waals surface area contributed by atoms with Crippen molar-refractivity contribution in [3.63, 3.8) is 0 Å². The summed E-state index contributed by atoms with van der Waals surface area (Å²) in [5.74, 6) is 0.511. The molecule has 172 valence electrons. The lowest BCUT2D eigenvalue weighted by atomic mass is 10.2. The average molecular weight is 450 g/mol. The van der Waals surface area contributed by atoms with E-state index in [1.54, 1.807) is 29.2 Å². The molecule has 3 rings (SSSR count). The first-order valence-corrected chi connectivity index (χ1v) is 10.2. The summed E-state index contributed by atoms with van der Waals surface area (Å²) in [7, 11) is 0. The second-order valence-corrected chi connectivity index (χ2v) is 7.64. The van der Waals surface area contributed by atoms with E-state index in [-0.39, 0.29) is 24.5 Å². The zero-order valence-electron chi connectivity index (χ0n) is 17.9. The lowest BCUT2D eigenvalue weighted by Gasteiger charge is -2.35. The number of hydrogen-bond donors (Lipinski definition) is 1. The summed E-state index contributed by atoms with van der Waals surface area (Å²) in [6, 6.07) is 8.99. The molecule has 2 aromatic rings. The van der Waals surface area contributed by atoms with Crippen molar-refractivity contribution in [3.8, 4) is 5.75 Å². The first kappa shape index (κ1) is 23.4. The van der Waals surface area contributed by atoms with Gasteiger partial charge in [0.1, 0.15) is 11.6 Å². The van der Waals surface area contributed by atoms with Crippen molar-refractivity contribution in [2.45, 2.75) is 26.1 Å². The zero-order valence-corrected chi connectivity index (χ0v) is 17.9. The van der Waals surface area contributed by atoms with Crippen LogP contribution in [-0.4, -0.2) is 60.5 Å². The summed E-state index contributed by atoms with van der Waals surface area (Å²) in [6.45, 7) is 5.34. The van der Waals surface area contributed by atoms with Gasteiger partial charge in [0.05, 0.1) is 18.2 Å². The normalized spacial score (nSPS) is 14.4. The van der Waals surface area contributed by atoms with Crippen molar-refractivity contribution in [1.29, 1.82) is 0 Å². The number of pyridine rings is 1. The first-order chi connectivity index (χ1) is 15.1. The Hall–Kier alpha value is -3.30. The Kier molecular flexibility index (Phi) is 7.22. The van der Waals surface area contributed by atoms with E-state index in [1.165, 1.54) is 6.07 Å². The Balaban J connectivity index is 1.45. The molecule has 2 amide bonds. The van der Waals surface area contributed by atoms with Crippen LogP contribution < -0.4 is 15.0 Å². The Morgan fingerprint density at radius 1 is 1.06 bits per heavy atom. The van der Waals surface area contributed by atoms with E-state index in [0.29, 0.717) is 43.3 Å². The van der Waals surface area contributed by atoms with Gasteiger partial charge in [-0.25, -0.2) is 4.98 Å². The van der Waals surface area contributed by atoms with Gasteiger partial charge in [-0.3, -0.25) is 9.59 Å². The molecule has 0 radical (unpaired) electrons. The van der Waals surface area contributed by atoms with E-state index in [4.69, 9.17) is 4.74 Å². The number of carbonyl (C=O) groups excluding carboxylic acids is 2. The Bertz CT molecular complexity index is 923. The van der Waals surface area contributed by atoms with Crippen LogP contribution in [0.4, 0.5) is 19.0 Å². The minimum atomic E-state index is -4.43. The molecule has 0 bridgehead atoms. The van der Waals surface area contributed by atoms with Crippen molar-refractivity contribution in [2.24, 2.45) is 0 Å². The molecule has 1 aliphatic rings. The van der Waals surface area contributed by atoms with E-state index in [2.05, 4.69) is 10.3 Å². The molecule has 1 aromatic heterocycles. The second kappa shape index (κ2) is 9.88. The topological polar surface area (TPSA) is 74.8 Å². The third kappa shape index (κ3) is 6.12. The Morgan fingerprint density at radius 2 is 1.72 bits per heavy atom. The highest BCUT2D eigenvalue weighted by Gasteiger charge is 2.31. The number of halogens is 3. The summed E-state index contributed by atoms with van der Waals surface area (Å²) >= 11 is 0. The minimum absolute atomic E-state index is 0.0304. The number of aromatic nitrogens is 1. The second-order valence-electron chi connectivity index (χ2n) is 7.64. The highest BCUT2D eigenvalue weighted by atomic mass is 19.4. The molecule has 7 nitrogen and oxygen atoms in total. The van der Waals surface area contributed by atoms with E-state index >= 15 is 0 Å². The van der Waals surface area contributed by atoms with Gasteiger partial charge in [0.25, 0.3) is 5.91 Å². The molecule has 0 spiro atoms. The molecule has 2 heterocycles.